The highest BCUT2D eigenvalue weighted by Gasteiger charge is 2.37. The van der Waals surface area contributed by atoms with Crippen LogP contribution >= 0.6 is 0 Å². The Labute approximate surface area is 94.2 Å². The molecule has 2 N–H and O–H groups in total. The summed E-state index contributed by atoms with van der Waals surface area (Å²) in [7, 11) is 1.11. The first kappa shape index (κ1) is 13.7. The number of halogens is 5. The van der Waals surface area contributed by atoms with Crippen molar-refractivity contribution in [3.05, 3.63) is 29.3 Å². The van der Waals surface area contributed by atoms with Gasteiger partial charge in [-0.15, -0.1) is 0 Å². The van der Waals surface area contributed by atoms with E-state index in [9.17, 15) is 22.0 Å². The molecule has 1 aromatic rings. The van der Waals surface area contributed by atoms with Gasteiger partial charge < -0.3 is 10.5 Å². The first-order chi connectivity index (χ1) is 7.75. The first-order valence-corrected chi connectivity index (χ1v) is 4.60. The standard InChI is InChI=1S/C10H10F5NO/c1-17-8-3-5(11)2-7(12)6(8)4-9(16)10(13,14)15/h2-3,9H,4,16H2,1H3. The molecule has 1 atom stereocenters. The zero-order valence-electron chi connectivity index (χ0n) is 8.81. The SMILES string of the molecule is COc1cc(F)cc(F)c1CC(N)C(F)(F)F. The van der Waals surface area contributed by atoms with Crippen LogP contribution in [-0.2, 0) is 6.42 Å². The highest BCUT2D eigenvalue weighted by Crippen LogP contribution is 2.28. The van der Waals surface area contributed by atoms with E-state index in [0.717, 1.165) is 13.2 Å². The third kappa shape index (κ3) is 3.29. The second kappa shape index (κ2) is 4.87. The fourth-order valence-corrected chi connectivity index (χ4v) is 1.30. The fraction of sp³-hybridized carbons (Fsp3) is 0.400. The molecular weight excluding hydrogens is 245 g/mol. The molecule has 2 nitrogen and oxygen atoms in total. The lowest BCUT2D eigenvalue weighted by atomic mass is 10.0. The van der Waals surface area contributed by atoms with Gasteiger partial charge in [0.1, 0.15) is 23.4 Å². The van der Waals surface area contributed by atoms with Gasteiger partial charge in [-0.3, -0.25) is 0 Å². The summed E-state index contributed by atoms with van der Waals surface area (Å²) in [6.45, 7) is 0. The van der Waals surface area contributed by atoms with Crippen LogP contribution in [0.5, 0.6) is 5.75 Å². The topological polar surface area (TPSA) is 35.2 Å². The molecule has 0 aliphatic rings. The van der Waals surface area contributed by atoms with Crippen LogP contribution in [0.3, 0.4) is 0 Å². The van der Waals surface area contributed by atoms with Crippen molar-refractivity contribution in [1.82, 2.24) is 0 Å². The van der Waals surface area contributed by atoms with Crippen molar-refractivity contribution in [1.29, 1.82) is 0 Å². The van der Waals surface area contributed by atoms with Crippen molar-refractivity contribution in [2.45, 2.75) is 18.6 Å². The van der Waals surface area contributed by atoms with Crippen LogP contribution in [0.15, 0.2) is 12.1 Å². The molecule has 1 rings (SSSR count). The molecule has 0 spiro atoms. The number of benzene rings is 1. The highest BCUT2D eigenvalue weighted by atomic mass is 19.4. The van der Waals surface area contributed by atoms with Gasteiger partial charge in [-0.05, 0) is 0 Å². The van der Waals surface area contributed by atoms with Crippen LogP contribution in [0.4, 0.5) is 22.0 Å². The number of alkyl halides is 3. The monoisotopic (exact) mass is 255 g/mol. The Morgan fingerprint density at radius 2 is 1.88 bits per heavy atom. The van der Waals surface area contributed by atoms with Crippen molar-refractivity contribution in [2.24, 2.45) is 5.73 Å². The van der Waals surface area contributed by atoms with E-state index in [1.807, 2.05) is 0 Å². The molecule has 0 aliphatic carbocycles. The molecule has 96 valence electrons. The first-order valence-electron chi connectivity index (χ1n) is 4.60. The summed E-state index contributed by atoms with van der Waals surface area (Å²) in [6.07, 6.45) is -5.45. The van der Waals surface area contributed by atoms with Crippen molar-refractivity contribution in [2.75, 3.05) is 7.11 Å². The molecular formula is C10H10F5NO. The van der Waals surface area contributed by atoms with Crippen molar-refractivity contribution < 1.29 is 26.7 Å². The second-order valence-electron chi connectivity index (χ2n) is 3.42. The molecule has 0 aromatic heterocycles. The average Bonchev–Trinajstić information content (AvgIpc) is 2.19. The lowest BCUT2D eigenvalue weighted by molar-refractivity contribution is -0.147. The van der Waals surface area contributed by atoms with Gasteiger partial charge in [0.15, 0.2) is 0 Å². The van der Waals surface area contributed by atoms with Gasteiger partial charge in [0.25, 0.3) is 0 Å². The summed E-state index contributed by atoms with van der Waals surface area (Å²) in [5.74, 6) is -2.33. The van der Waals surface area contributed by atoms with E-state index in [0.29, 0.717) is 6.07 Å². The Morgan fingerprint density at radius 1 is 1.29 bits per heavy atom. The molecule has 0 heterocycles. The zero-order chi connectivity index (χ0) is 13.2. The van der Waals surface area contributed by atoms with Gasteiger partial charge in [-0.1, -0.05) is 0 Å². The van der Waals surface area contributed by atoms with Gasteiger partial charge in [-0.2, -0.15) is 13.2 Å². The van der Waals surface area contributed by atoms with Crippen LogP contribution in [0.2, 0.25) is 0 Å². The van der Waals surface area contributed by atoms with E-state index < -0.39 is 35.8 Å². The van der Waals surface area contributed by atoms with Gasteiger partial charge in [0.2, 0.25) is 0 Å². The summed E-state index contributed by atoms with van der Waals surface area (Å²) in [4.78, 5) is 0. The molecule has 7 heteroatoms. The molecule has 0 radical (unpaired) electrons. The van der Waals surface area contributed by atoms with Crippen LogP contribution in [0.1, 0.15) is 5.56 Å². The number of rotatable bonds is 3. The average molecular weight is 255 g/mol. The summed E-state index contributed by atoms with van der Waals surface area (Å²) in [5, 5.41) is 0. The molecule has 0 aliphatic heterocycles. The minimum absolute atomic E-state index is 0.290. The van der Waals surface area contributed by atoms with Crippen LogP contribution < -0.4 is 10.5 Å². The minimum atomic E-state index is -4.65. The number of hydrogen-bond donors (Lipinski definition) is 1. The number of methoxy groups -OCH3 is 1. The predicted octanol–water partition coefficient (Wildman–Crippen LogP) is 2.41. The summed E-state index contributed by atoms with van der Waals surface area (Å²) in [5.41, 5.74) is 4.48. The molecule has 1 unspecified atom stereocenters. The van der Waals surface area contributed by atoms with E-state index in [1.165, 1.54) is 0 Å². The summed E-state index contributed by atoms with van der Waals surface area (Å²) < 4.78 is 67.4. The Bertz CT molecular complexity index is 404. The lowest BCUT2D eigenvalue weighted by Crippen LogP contribution is -2.39. The molecule has 0 saturated heterocycles. The van der Waals surface area contributed by atoms with Crippen molar-refractivity contribution >= 4 is 0 Å². The van der Waals surface area contributed by atoms with Crippen LogP contribution in [-0.4, -0.2) is 19.3 Å². The molecule has 0 saturated carbocycles. The van der Waals surface area contributed by atoms with Crippen LogP contribution in [0, 0.1) is 11.6 Å². The minimum Gasteiger partial charge on any atom is -0.496 e. The third-order valence-corrected chi connectivity index (χ3v) is 2.18. The van der Waals surface area contributed by atoms with Crippen LogP contribution in [0.25, 0.3) is 0 Å². The van der Waals surface area contributed by atoms with Gasteiger partial charge in [0, 0.05) is 24.1 Å². The second-order valence-corrected chi connectivity index (χ2v) is 3.42. The Kier molecular flexibility index (Phi) is 3.92. The number of nitrogens with two attached hydrogens (primary N) is 1. The lowest BCUT2D eigenvalue weighted by Gasteiger charge is -2.17. The zero-order valence-corrected chi connectivity index (χ0v) is 8.81. The molecule has 17 heavy (non-hydrogen) atoms. The smallest absolute Gasteiger partial charge is 0.403 e. The van der Waals surface area contributed by atoms with Gasteiger partial charge in [-0.25, -0.2) is 8.78 Å². The Balaban J connectivity index is 3.06. The van der Waals surface area contributed by atoms with Gasteiger partial charge >= 0.3 is 6.18 Å². The molecule has 0 amide bonds. The molecule has 1 aromatic carbocycles. The van der Waals surface area contributed by atoms with E-state index >= 15 is 0 Å². The van der Waals surface area contributed by atoms with E-state index in [4.69, 9.17) is 5.73 Å². The largest absolute Gasteiger partial charge is 0.496 e. The number of hydrogen-bond acceptors (Lipinski definition) is 2. The maximum atomic E-state index is 13.3. The van der Waals surface area contributed by atoms with E-state index in [2.05, 4.69) is 4.74 Å². The third-order valence-electron chi connectivity index (χ3n) is 2.18. The highest BCUT2D eigenvalue weighted by molar-refractivity contribution is 5.36. The van der Waals surface area contributed by atoms with E-state index in [1.54, 1.807) is 0 Å². The summed E-state index contributed by atoms with van der Waals surface area (Å²) >= 11 is 0. The van der Waals surface area contributed by atoms with Crippen molar-refractivity contribution in [3.8, 4) is 5.75 Å². The fourth-order valence-electron chi connectivity index (χ4n) is 1.30. The predicted molar refractivity (Wildman–Crippen MR) is 50.6 cm³/mol. The van der Waals surface area contributed by atoms with Crippen molar-refractivity contribution in [3.63, 3.8) is 0 Å². The molecule has 0 bridgehead atoms. The maximum absolute atomic E-state index is 13.3. The normalized spacial score (nSPS) is 13.6. The summed E-state index contributed by atoms with van der Waals surface area (Å²) in [6, 6.07) is -0.931. The quantitative estimate of drug-likeness (QED) is 0.842. The Morgan fingerprint density at radius 3 is 2.35 bits per heavy atom. The molecule has 0 fully saturated rings. The maximum Gasteiger partial charge on any atom is 0.403 e. The van der Waals surface area contributed by atoms with E-state index in [-0.39, 0.29) is 5.75 Å². The Hall–Kier alpha value is -1.37. The number of ether oxygens (including phenoxy) is 1. The van der Waals surface area contributed by atoms with Gasteiger partial charge in [0.05, 0.1) is 7.11 Å².